The molecule has 2 nitrogen and oxygen atoms in total. The summed E-state index contributed by atoms with van der Waals surface area (Å²) in [5.74, 6) is -0.227. The fraction of sp³-hybridized carbons (Fsp3) is 0. The molecule has 0 aliphatic carbocycles. The molecule has 0 N–H and O–H groups in total. The fourth-order valence-electron chi connectivity index (χ4n) is 2.11. The van der Waals surface area contributed by atoms with Crippen molar-refractivity contribution in [3.05, 3.63) is 76.0 Å². The Hall–Kier alpha value is -1.90. The van der Waals surface area contributed by atoms with E-state index in [1.165, 1.54) is 0 Å². The van der Waals surface area contributed by atoms with E-state index in [1.54, 1.807) is 24.4 Å². The molecule has 3 aromatic rings. The molecule has 0 unspecified atom stereocenters. The highest BCUT2D eigenvalue weighted by Crippen LogP contribution is 2.28. The fourth-order valence-corrected chi connectivity index (χ4v) is 2.49. The molecule has 0 radical (unpaired) electrons. The van der Waals surface area contributed by atoms with Crippen molar-refractivity contribution in [1.82, 2.24) is 4.98 Å². The van der Waals surface area contributed by atoms with Crippen LogP contribution < -0.4 is 0 Å². The summed E-state index contributed by atoms with van der Waals surface area (Å²) >= 11 is 12.1. The first-order chi connectivity index (χ1) is 9.68. The largest absolute Gasteiger partial charge is 0.287 e. The maximum Gasteiger partial charge on any atom is 0.213 e. The Morgan fingerprint density at radius 3 is 2.60 bits per heavy atom. The maximum absolute atomic E-state index is 12.6. The lowest BCUT2D eigenvalue weighted by molar-refractivity contribution is 0.103. The monoisotopic (exact) mass is 301 g/mol. The van der Waals surface area contributed by atoms with Gasteiger partial charge in [0.15, 0.2) is 0 Å². The average Bonchev–Trinajstić information content (AvgIpc) is 2.49. The van der Waals surface area contributed by atoms with Crippen LogP contribution in [0.15, 0.2) is 54.7 Å². The van der Waals surface area contributed by atoms with Crippen molar-refractivity contribution in [3.63, 3.8) is 0 Å². The zero-order chi connectivity index (χ0) is 14.1. The van der Waals surface area contributed by atoms with Crippen LogP contribution in [0.5, 0.6) is 0 Å². The summed E-state index contributed by atoms with van der Waals surface area (Å²) in [6, 6.07) is 14.5. The van der Waals surface area contributed by atoms with Gasteiger partial charge in [-0.2, -0.15) is 0 Å². The van der Waals surface area contributed by atoms with Gasteiger partial charge in [-0.15, -0.1) is 0 Å². The third-order valence-corrected chi connectivity index (χ3v) is 3.90. The summed E-state index contributed by atoms with van der Waals surface area (Å²) in [7, 11) is 0. The quantitative estimate of drug-likeness (QED) is 0.638. The van der Waals surface area contributed by atoms with E-state index < -0.39 is 0 Å². The van der Waals surface area contributed by atoms with Crippen LogP contribution in [0.25, 0.3) is 10.8 Å². The molecule has 0 saturated heterocycles. The number of hydrogen-bond acceptors (Lipinski definition) is 2. The van der Waals surface area contributed by atoms with Crippen LogP contribution in [0.1, 0.15) is 16.1 Å². The molecule has 0 spiro atoms. The van der Waals surface area contributed by atoms with Crippen LogP contribution in [0, 0.1) is 0 Å². The Morgan fingerprint density at radius 2 is 1.75 bits per heavy atom. The molecule has 0 aliphatic rings. The second-order valence-electron chi connectivity index (χ2n) is 4.31. The summed E-state index contributed by atoms with van der Waals surface area (Å²) < 4.78 is 0. The number of fused-ring (bicyclic) bond motifs is 1. The SMILES string of the molecule is O=C(c1cccc(Cl)c1Cl)c1nccc2ccccc12. The van der Waals surface area contributed by atoms with Gasteiger partial charge >= 0.3 is 0 Å². The standard InChI is InChI=1S/C16H9Cl2NO/c17-13-7-3-6-12(14(13)18)16(20)15-11-5-2-1-4-10(11)8-9-19-15/h1-9H. The molecule has 0 amide bonds. The predicted octanol–water partition coefficient (Wildman–Crippen LogP) is 4.77. The van der Waals surface area contributed by atoms with Gasteiger partial charge in [0.05, 0.1) is 10.0 Å². The molecular weight excluding hydrogens is 293 g/mol. The Labute approximate surface area is 126 Å². The third-order valence-electron chi connectivity index (χ3n) is 3.08. The van der Waals surface area contributed by atoms with Crippen molar-refractivity contribution in [3.8, 4) is 0 Å². The minimum Gasteiger partial charge on any atom is -0.287 e. The second-order valence-corrected chi connectivity index (χ2v) is 5.10. The van der Waals surface area contributed by atoms with Crippen molar-refractivity contribution < 1.29 is 4.79 Å². The van der Waals surface area contributed by atoms with Gasteiger partial charge in [-0.25, -0.2) is 0 Å². The van der Waals surface area contributed by atoms with Crippen LogP contribution >= 0.6 is 23.2 Å². The van der Waals surface area contributed by atoms with Gasteiger partial charge in [0.2, 0.25) is 5.78 Å². The number of halogens is 2. The smallest absolute Gasteiger partial charge is 0.213 e. The minimum atomic E-state index is -0.227. The van der Waals surface area contributed by atoms with E-state index in [9.17, 15) is 4.79 Å². The predicted molar refractivity (Wildman–Crippen MR) is 81.6 cm³/mol. The molecule has 98 valence electrons. The zero-order valence-electron chi connectivity index (χ0n) is 10.3. The van der Waals surface area contributed by atoms with E-state index >= 15 is 0 Å². The Balaban J connectivity index is 2.21. The molecule has 3 rings (SSSR count). The lowest BCUT2D eigenvalue weighted by Gasteiger charge is -2.07. The van der Waals surface area contributed by atoms with Crippen LogP contribution in [-0.2, 0) is 0 Å². The molecule has 1 heterocycles. The first-order valence-electron chi connectivity index (χ1n) is 6.01. The van der Waals surface area contributed by atoms with Crippen molar-refractivity contribution in [1.29, 1.82) is 0 Å². The Bertz CT molecular complexity index is 809. The molecule has 0 bridgehead atoms. The van der Waals surface area contributed by atoms with Crippen molar-refractivity contribution in [2.75, 3.05) is 0 Å². The normalized spacial score (nSPS) is 10.7. The highest BCUT2D eigenvalue weighted by atomic mass is 35.5. The van der Waals surface area contributed by atoms with Crippen molar-refractivity contribution in [2.24, 2.45) is 0 Å². The van der Waals surface area contributed by atoms with Crippen LogP contribution in [0.3, 0.4) is 0 Å². The number of benzene rings is 2. The van der Waals surface area contributed by atoms with E-state index in [4.69, 9.17) is 23.2 Å². The molecule has 0 fully saturated rings. The molecule has 1 aromatic heterocycles. The Kier molecular flexibility index (Phi) is 3.43. The van der Waals surface area contributed by atoms with Gasteiger partial charge in [0.1, 0.15) is 5.69 Å². The second kappa shape index (κ2) is 5.23. The first kappa shape index (κ1) is 13.1. The van der Waals surface area contributed by atoms with E-state index in [-0.39, 0.29) is 10.8 Å². The van der Waals surface area contributed by atoms with Gasteiger partial charge in [-0.3, -0.25) is 9.78 Å². The van der Waals surface area contributed by atoms with E-state index in [1.807, 2.05) is 30.3 Å². The third kappa shape index (κ3) is 2.17. The number of hydrogen-bond donors (Lipinski definition) is 0. The lowest BCUT2D eigenvalue weighted by atomic mass is 10.0. The molecule has 20 heavy (non-hydrogen) atoms. The summed E-state index contributed by atoms with van der Waals surface area (Å²) in [6.07, 6.45) is 1.62. The van der Waals surface area contributed by atoms with Crippen molar-refractivity contribution in [2.45, 2.75) is 0 Å². The topological polar surface area (TPSA) is 30.0 Å². The number of aromatic nitrogens is 1. The van der Waals surface area contributed by atoms with E-state index in [0.717, 1.165) is 10.8 Å². The summed E-state index contributed by atoms with van der Waals surface area (Å²) in [6.45, 7) is 0. The van der Waals surface area contributed by atoms with Gasteiger partial charge in [-0.05, 0) is 23.6 Å². The van der Waals surface area contributed by atoms with Gasteiger partial charge in [0.25, 0.3) is 0 Å². The van der Waals surface area contributed by atoms with Gasteiger partial charge in [-0.1, -0.05) is 53.5 Å². The number of ketones is 1. The lowest BCUT2D eigenvalue weighted by Crippen LogP contribution is -2.05. The highest BCUT2D eigenvalue weighted by Gasteiger charge is 2.17. The Morgan fingerprint density at radius 1 is 0.950 bits per heavy atom. The van der Waals surface area contributed by atoms with E-state index in [2.05, 4.69) is 4.98 Å². The van der Waals surface area contributed by atoms with Crippen molar-refractivity contribution >= 4 is 39.8 Å². The average molecular weight is 302 g/mol. The minimum absolute atomic E-state index is 0.227. The number of rotatable bonds is 2. The maximum atomic E-state index is 12.6. The van der Waals surface area contributed by atoms with Gasteiger partial charge < -0.3 is 0 Å². The summed E-state index contributed by atoms with van der Waals surface area (Å²) in [5.41, 5.74) is 0.746. The first-order valence-corrected chi connectivity index (χ1v) is 6.76. The number of nitrogens with zero attached hydrogens (tertiary/aromatic N) is 1. The molecule has 2 aromatic carbocycles. The summed E-state index contributed by atoms with van der Waals surface area (Å²) in [5, 5.41) is 2.38. The zero-order valence-corrected chi connectivity index (χ0v) is 11.8. The number of carbonyl (C=O) groups excluding carboxylic acids is 1. The molecule has 0 aliphatic heterocycles. The molecule has 0 atom stereocenters. The molecular formula is C16H9Cl2NO. The number of carbonyl (C=O) groups is 1. The number of pyridine rings is 1. The van der Waals surface area contributed by atoms with Crippen LogP contribution in [0.2, 0.25) is 10.0 Å². The molecule has 0 saturated carbocycles. The van der Waals surface area contributed by atoms with E-state index in [0.29, 0.717) is 16.3 Å². The van der Waals surface area contributed by atoms with Crippen LogP contribution in [0.4, 0.5) is 0 Å². The van der Waals surface area contributed by atoms with Gasteiger partial charge in [0, 0.05) is 17.1 Å². The highest BCUT2D eigenvalue weighted by molar-refractivity contribution is 6.44. The molecule has 4 heteroatoms. The summed E-state index contributed by atoms with van der Waals surface area (Å²) in [4.78, 5) is 16.8. The van der Waals surface area contributed by atoms with Crippen LogP contribution in [-0.4, -0.2) is 10.8 Å².